The number of halogens is 1. The van der Waals surface area contributed by atoms with Crippen LogP contribution in [0.5, 0.6) is 5.75 Å². The highest BCUT2D eigenvalue weighted by atomic mass is 19.1. The molecule has 5 nitrogen and oxygen atoms in total. The first kappa shape index (κ1) is 16.9. The zero-order chi connectivity index (χ0) is 16.7. The largest absolute Gasteiger partial charge is 0.525 e. The molecule has 120 valence electrons. The number of aliphatic hydroxyl groups is 1. The molecule has 1 aromatic heterocycles. The van der Waals surface area contributed by atoms with E-state index < -0.39 is 24.0 Å². The van der Waals surface area contributed by atoms with Gasteiger partial charge in [0.15, 0.2) is 0 Å². The van der Waals surface area contributed by atoms with Gasteiger partial charge in [0.25, 0.3) is 0 Å². The molecule has 1 aliphatic rings. The SMILES string of the molecule is Cc1ncc(CO)c(C=C(F)B2OC(C)(C)C(C)(C)O2)c1O. The summed E-state index contributed by atoms with van der Waals surface area (Å²) in [6.07, 6.45) is 2.52. The van der Waals surface area contributed by atoms with Crippen molar-refractivity contribution in [1.82, 2.24) is 4.98 Å². The molecule has 0 bridgehead atoms. The smallest absolute Gasteiger partial charge is 0.505 e. The van der Waals surface area contributed by atoms with E-state index in [4.69, 9.17) is 9.31 Å². The molecular formula is C15H21BFNO4. The monoisotopic (exact) mass is 309 g/mol. The van der Waals surface area contributed by atoms with E-state index in [1.807, 2.05) is 27.7 Å². The number of aromatic nitrogens is 1. The predicted octanol–water partition coefficient (Wildman–Crippen LogP) is 2.53. The van der Waals surface area contributed by atoms with Crippen molar-refractivity contribution in [3.05, 3.63) is 28.7 Å². The molecule has 0 aromatic carbocycles. The molecule has 0 spiro atoms. The normalized spacial score (nSPS) is 20.5. The minimum Gasteiger partial charge on any atom is -0.505 e. The van der Waals surface area contributed by atoms with Gasteiger partial charge in [0.05, 0.1) is 23.5 Å². The Kier molecular flexibility index (Phi) is 4.34. The van der Waals surface area contributed by atoms with E-state index >= 15 is 0 Å². The highest BCUT2D eigenvalue weighted by Gasteiger charge is 2.53. The zero-order valence-electron chi connectivity index (χ0n) is 13.5. The third kappa shape index (κ3) is 2.88. The second-order valence-corrected chi connectivity index (χ2v) is 6.41. The fraction of sp³-hybridized carbons (Fsp3) is 0.533. The Morgan fingerprint density at radius 3 is 2.36 bits per heavy atom. The molecule has 0 amide bonds. The molecule has 0 atom stereocenters. The van der Waals surface area contributed by atoms with Crippen LogP contribution in [0.4, 0.5) is 4.39 Å². The Morgan fingerprint density at radius 1 is 1.32 bits per heavy atom. The number of aromatic hydroxyl groups is 1. The van der Waals surface area contributed by atoms with Crippen LogP contribution in [0, 0.1) is 6.92 Å². The highest BCUT2D eigenvalue weighted by Crippen LogP contribution is 2.39. The van der Waals surface area contributed by atoms with Crippen molar-refractivity contribution >= 4 is 13.2 Å². The molecule has 0 aliphatic carbocycles. The van der Waals surface area contributed by atoms with E-state index in [2.05, 4.69) is 4.98 Å². The third-order valence-electron chi connectivity index (χ3n) is 4.29. The van der Waals surface area contributed by atoms with Gasteiger partial charge in [-0.05, 0) is 40.7 Å². The van der Waals surface area contributed by atoms with Crippen molar-refractivity contribution in [2.75, 3.05) is 0 Å². The summed E-state index contributed by atoms with van der Waals surface area (Å²) in [5.41, 5.74) is -1.12. The number of aryl methyl sites for hydroxylation is 1. The fourth-order valence-electron chi connectivity index (χ4n) is 2.10. The van der Waals surface area contributed by atoms with Gasteiger partial charge in [0.2, 0.25) is 0 Å². The summed E-state index contributed by atoms with van der Waals surface area (Å²) in [5.74, 6) is -0.168. The summed E-state index contributed by atoms with van der Waals surface area (Å²) in [6, 6.07) is 0. The molecule has 0 saturated carbocycles. The maximum Gasteiger partial charge on any atom is 0.525 e. The molecule has 22 heavy (non-hydrogen) atoms. The first-order valence-electron chi connectivity index (χ1n) is 7.10. The van der Waals surface area contributed by atoms with Crippen LogP contribution in [0.15, 0.2) is 11.9 Å². The predicted molar refractivity (Wildman–Crippen MR) is 81.7 cm³/mol. The number of hydrogen-bond acceptors (Lipinski definition) is 5. The maximum atomic E-state index is 14.5. The summed E-state index contributed by atoms with van der Waals surface area (Å²) in [4.78, 5) is 3.94. The van der Waals surface area contributed by atoms with Gasteiger partial charge in [0, 0.05) is 17.3 Å². The Labute approximate surface area is 129 Å². The lowest BCUT2D eigenvalue weighted by Crippen LogP contribution is -2.41. The summed E-state index contributed by atoms with van der Waals surface area (Å²) in [5, 5.41) is 19.4. The molecule has 1 aromatic rings. The second-order valence-electron chi connectivity index (χ2n) is 6.41. The first-order chi connectivity index (χ1) is 10.1. The Balaban J connectivity index is 2.37. The molecule has 2 heterocycles. The highest BCUT2D eigenvalue weighted by molar-refractivity contribution is 6.54. The summed E-state index contributed by atoms with van der Waals surface area (Å²) >= 11 is 0. The van der Waals surface area contributed by atoms with Crippen LogP contribution in [0.2, 0.25) is 0 Å². The number of aliphatic hydroxyl groups excluding tert-OH is 1. The van der Waals surface area contributed by atoms with Crippen LogP contribution >= 0.6 is 0 Å². The van der Waals surface area contributed by atoms with Crippen molar-refractivity contribution in [2.45, 2.75) is 52.4 Å². The molecule has 0 unspecified atom stereocenters. The standard InChI is InChI=1S/C15H21BFNO4/c1-9-13(20)11(10(8-19)7-18-9)6-12(17)16-21-14(2,3)15(4,5)22-16/h6-7,19-20H,8H2,1-5H3. The van der Waals surface area contributed by atoms with E-state index in [1.165, 1.54) is 6.20 Å². The van der Waals surface area contributed by atoms with Gasteiger partial charge in [-0.25, -0.2) is 4.39 Å². The van der Waals surface area contributed by atoms with Crippen molar-refractivity contribution in [3.8, 4) is 5.75 Å². The minimum absolute atomic E-state index is 0.168. The maximum absolute atomic E-state index is 14.5. The lowest BCUT2D eigenvalue weighted by molar-refractivity contribution is 0.00578. The molecular weight excluding hydrogens is 288 g/mol. The van der Waals surface area contributed by atoms with Crippen LogP contribution in [0.25, 0.3) is 6.08 Å². The van der Waals surface area contributed by atoms with Crippen LogP contribution in [0.1, 0.15) is 44.5 Å². The quantitative estimate of drug-likeness (QED) is 0.840. The van der Waals surface area contributed by atoms with E-state index in [1.54, 1.807) is 6.92 Å². The summed E-state index contributed by atoms with van der Waals surface area (Å²) in [6.45, 7) is 8.55. The Morgan fingerprint density at radius 2 is 1.86 bits per heavy atom. The zero-order valence-corrected chi connectivity index (χ0v) is 13.5. The molecule has 2 N–H and O–H groups in total. The summed E-state index contributed by atoms with van der Waals surface area (Å²) in [7, 11) is -1.15. The molecule has 1 saturated heterocycles. The molecule has 1 fully saturated rings. The number of pyridine rings is 1. The van der Waals surface area contributed by atoms with Crippen LogP contribution in [0.3, 0.4) is 0 Å². The molecule has 0 radical (unpaired) electrons. The van der Waals surface area contributed by atoms with Crippen LogP contribution in [-0.4, -0.2) is 33.5 Å². The van der Waals surface area contributed by atoms with Gasteiger partial charge in [-0.3, -0.25) is 4.98 Å². The van der Waals surface area contributed by atoms with Crippen molar-refractivity contribution in [2.24, 2.45) is 0 Å². The Bertz CT molecular complexity index is 600. The van der Waals surface area contributed by atoms with Crippen LogP contribution in [-0.2, 0) is 15.9 Å². The van der Waals surface area contributed by atoms with Gasteiger partial charge in [-0.15, -0.1) is 0 Å². The molecule has 7 heteroatoms. The summed E-state index contributed by atoms with van der Waals surface area (Å²) < 4.78 is 25.7. The third-order valence-corrected chi connectivity index (χ3v) is 4.29. The van der Waals surface area contributed by atoms with Gasteiger partial charge in [-0.1, -0.05) is 0 Å². The van der Waals surface area contributed by atoms with Gasteiger partial charge < -0.3 is 19.5 Å². The topological polar surface area (TPSA) is 71.8 Å². The average molecular weight is 309 g/mol. The van der Waals surface area contributed by atoms with Gasteiger partial charge in [-0.2, -0.15) is 0 Å². The number of rotatable bonds is 3. The van der Waals surface area contributed by atoms with Crippen molar-refractivity contribution in [3.63, 3.8) is 0 Å². The number of hydrogen-bond donors (Lipinski definition) is 2. The van der Waals surface area contributed by atoms with E-state index in [-0.39, 0.29) is 17.9 Å². The van der Waals surface area contributed by atoms with E-state index in [0.717, 1.165) is 6.08 Å². The average Bonchev–Trinajstić information content (AvgIpc) is 2.64. The first-order valence-corrected chi connectivity index (χ1v) is 7.10. The van der Waals surface area contributed by atoms with Gasteiger partial charge in [0.1, 0.15) is 11.5 Å². The van der Waals surface area contributed by atoms with Crippen molar-refractivity contribution in [1.29, 1.82) is 0 Å². The Hall–Kier alpha value is -1.44. The number of nitrogens with zero attached hydrogens (tertiary/aromatic N) is 1. The fourth-order valence-corrected chi connectivity index (χ4v) is 2.10. The van der Waals surface area contributed by atoms with Crippen molar-refractivity contribution < 1.29 is 23.9 Å². The minimum atomic E-state index is -1.15. The molecule has 2 rings (SSSR count). The second kappa shape index (κ2) is 5.64. The van der Waals surface area contributed by atoms with E-state index in [9.17, 15) is 14.6 Å². The molecule has 1 aliphatic heterocycles. The lowest BCUT2D eigenvalue weighted by Gasteiger charge is -2.32. The van der Waals surface area contributed by atoms with Crippen LogP contribution < -0.4 is 0 Å². The van der Waals surface area contributed by atoms with E-state index in [0.29, 0.717) is 11.3 Å². The lowest BCUT2D eigenvalue weighted by atomic mass is 9.86. The van der Waals surface area contributed by atoms with Gasteiger partial charge >= 0.3 is 7.12 Å².